The molecule has 0 radical (unpaired) electrons. The first-order valence-electron chi connectivity index (χ1n) is 7.46. The molecule has 0 saturated carbocycles. The largest absolute Gasteiger partial charge is 0.392 e. The zero-order valence-electron chi connectivity index (χ0n) is 13.4. The predicted octanol–water partition coefficient (Wildman–Crippen LogP) is 2.95. The van der Waals surface area contributed by atoms with E-state index in [0.29, 0.717) is 25.6 Å². The van der Waals surface area contributed by atoms with Gasteiger partial charge in [0.15, 0.2) is 0 Å². The van der Waals surface area contributed by atoms with Crippen LogP contribution in [0.3, 0.4) is 0 Å². The molecule has 2 rings (SSSR count). The van der Waals surface area contributed by atoms with Crippen LogP contribution in [0.5, 0.6) is 0 Å². The molecule has 2 aliphatic carbocycles. The van der Waals surface area contributed by atoms with E-state index in [1.54, 1.807) is 14.2 Å². The Kier molecular flexibility index (Phi) is 4.43. The van der Waals surface area contributed by atoms with E-state index < -0.39 is 6.10 Å². The summed E-state index contributed by atoms with van der Waals surface area (Å²) in [6, 6.07) is 0. The van der Waals surface area contributed by atoms with E-state index >= 15 is 0 Å². The fraction of sp³-hybridized carbons (Fsp3) is 0.765. The summed E-state index contributed by atoms with van der Waals surface area (Å²) in [6.45, 7) is 7.73. The molecule has 1 N–H and O–H groups in total. The van der Waals surface area contributed by atoms with Gasteiger partial charge in [0.05, 0.1) is 24.7 Å². The molecule has 0 aromatic rings. The minimum absolute atomic E-state index is 0.159. The van der Waals surface area contributed by atoms with Gasteiger partial charge in [0.25, 0.3) is 0 Å². The average molecular weight is 280 g/mol. The molecule has 0 unspecified atom stereocenters. The van der Waals surface area contributed by atoms with Crippen LogP contribution < -0.4 is 0 Å². The number of rotatable bonds is 4. The van der Waals surface area contributed by atoms with Gasteiger partial charge in [-0.05, 0) is 32.6 Å². The summed E-state index contributed by atoms with van der Waals surface area (Å²) in [5.74, 6) is 0.490. The Morgan fingerprint density at radius 3 is 2.45 bits per heavy atom. The van der Waals surface area contributed by atoms with E-state index in [9.17, 15) is 5.11 Å². The van der Waals surface area contributed by atoms with Crippen molar-refractivity contribution in [2.75, 3.05) is 27.4 Å². The normalized spacial score (nSPS) is 40.9. The lowest BCUT2D eigenvalue weighted by Crippen LogP contribution is -2.60. The molecule has 0 heterocycles. The first kappa shape index (κ1) is 15.7. The first-order chi connectivity index (χ1) is 9.44. The Morgan fingerprint density at radius 2 is 1.85 bits per heavy atom. The highest BCUT2D eigenvalue weighted by molar-refractivity contribution is 5.37. The average Bonchev–Trinajstić information content (AvgIpc) is 2.38. The number of hydrogen-bond acceptors (Lipinski definition) is 3. The highest BCUT2D eigenvalue weighted by Gasteiger charge is 2.60. The molecule has 0 bridgehead atoms. The lowest BCUT2D eigenvalue weighted by Gasteiger charge is -2.59. The number of allylic oxidation sites excluding steroid dienone is 1. The van der Waals surface area contributed by atoms with Crippen molar-refractivity contribution in [3.8, 4) is 0 Å². The fourth-order valence-electron chi connectivity index (χ4n) is 4.65. The fourth-order valence-corrected chi connectivity index (χ4v) is 4.65. The van der Waals surface area contributed by atoms with Gasteiger partial charge in [-0.15, -0.1) is 0 Å². The maximum Gasteiger partial charge on any atom is 0.0699 e. The van der Waals surface area contributed by atoms with E-state index in [4.69, 9.17) is 9.47 Å². The molecule has 4 atom stereocenters. The van der Waals surface area contributed by atoms with E-state index in [-0.39, 0.29) is 10.8 Å². The van der Waals surface area contributed by atoms with Crippen molar-refractivity contribution in [3.63, 3.8) is 0 Å². The van der Waals surface area contributed by atoms with Crippen molar-refractivity contribution >= 4 is 0 Å². The second kappa shape index (κ2) is 5.63. The van der Waals surface area contributed by atoms with Crippen molar-refractivity contribution in [2.24, 2.45) is 16.7 Å². The van der Waals surface area contributed by atoms with Crippen LogP contribution in [0.4, 0.5) is 0 Å². The quantitative estimate of drug-likeness (QED) is 0.805. The van der Waals surface area contributed by atoms with Gasteiger partial charge >= 0.3 is 0 Å². The Labute approximate surface area is 122 Å². The van der Waals surface area contributed by atoms with E-state index in [1.807, 2.05) is 0 Å². The smallest absolute Gasteiger partial charge is 0.0699 e. The maximum atomic E-state index is 10.8. The second-order valence-electron chi connectivity index (χ2n) is 6.59. The Balaban J connectivity index is 2.66. The summed E-state index contributed by atoms with van der Waals surface area (Å²) >= 11 is 0. The topological polar surface area (TPSA) is 38.7 Å². The van der Waals surface area contributed by atoms with Crippen LogP contribution >= 0.6 is 0 Å². The van der Waals surface area contributed by atoms with Crippen LogP contribution in [0.25, 0.3) is 0 Å². The SMILES string of the molecule is COC[C@@]12C[C@H](C)C=C(C)[C@]1(COC)[C@H](O)CC=C2C. The molecule has 3 heteroatoms. The monoisotopic (exact) mass is 280 g/mol. The molecule has 2 aliphatic rings. The molecule has 0 aliphatic heterocycles. The van der Waals surface area contributed by atoms with E-state index in [1.165, 1.54) is 11.1 Å². The standard InChI is InChI=1S/C17H28O3/c1-12-8-14(3)17(11-20-5)15(18)7-6-13(2)16(17,9-12)10-19-4/h6,8,12,15,18H,7,9-11H2,1-5H3/t12-,15-,16-,17-/m1/s1. The van der Waals surface area contributed by atoms with Crippen LogP contribution in [-0.4, -0.2) is 38.6 Å². The third kappa shape index (κ3) is 1.99. The predicted molar refractivity (Wildman–Crippen MR) is 80.5 cm³/mol. The number of hydrogen-bond donors (Lipinski definition) is 1. The zero-order chi connectivity index (χ0) is 15.0. The van der Waals surface area contributed by atoms with Crippen molar-refractivity contribution in [3.05, 3.63) is 23.3 Å². The molecule has 0 aromatic heterocycles. The molecule has 0 amide bonds. The first-order valence-corrected chi connectivity index (χ1v) is 7.46. The zero-order valence-corrected chi connectivity index (χ0v) is 13.4. The summed E-state index contributed by atoms with van der Waals surface area (Å²) in [4.78, 5) is 0. The highest BCUT2D eigenvalue weighted by Crippen LogP contribution is 2.61. The van der Waals surface area contributed by atoms with Gasteiger partial charge in [-0.1, -0.05) is 30.2 Å². The minimum Gasteiger partial charge on any atom is -0.392 e. The molecule has 0 fully saturated rings. The molecule has 3 nitrogen and oxygen atoms in total. The van der Waals surface area contributed by atoms with Crippen LogP contribution in [-0.2, 0) is 9.47 Å². The van der Waals surface area contributed by atoms with Crippen LogP contribution in [0.2, 0.25) is 0 Å². The summed E-state index contributed by atoms with van der Waals surface area (Å²) in [6.07, 6.45) is 5.77. The van der Waals surface area contributed by atoms with Crippen molar-refractivity contribution in [1.82, 2.24) is 0 Å². The summed E-state index contributed by atoms with van der Waals surface area (Å²) < 4.78 is 11.1. The van der Waals surface area contributed by atoms with Crippen LogP contribution in [0, 0.1) is 16.7 Å². The maximum absolute atomic E-state index is 10.8. The van der Waals surface area contributed by atoms with Gasteiger partial charge in [0.1, 0.15) is 0 Å². The third-order valence-electron chi connectivity index (χ3n) is 5.50. The van der Waals surface area contributed by atoms with E-state index in [0.717, 1.165) is 6.42 Å². The summed E-state index contributed by atoms with van der Waals surface area (Å²) in [7, 11) is 3.47. The van der Waals surface area contributed by atoms with Crippen molar-refractivity contribution < 1.29 is 14.6 Å². The van der Waals surface area contributed by atoms with Crippen molar-refractivity contribution in [1.29, 1.82) is 0 Å². The number of methoxy groups -OCH3 is 2. The van der Waals surface area contributed by atoms with Crippen LogP contribution in [0.1, 0.15) is 33.6 Å². The number of fused-ring (bicyclic) bond motifs is 1. The minimum atomic E-state index is -0.412. The molecule has 20 heavy (non-hydrogen) atoms. The summed E-state index contributed by atoms with van der Waals surface area (Å²) in [5.41, 5.74) is 2.06. The molecule has 0 aromatic carbocycles. The van der Waals surface area contributed by atoms with Gasteiger partial charge in [-0.25, -0.2) is 0 Å². The van der Waals surface area contributed by atoms with Gasteiger partial charge in [0, 0.05) is 19.6 Å². The molecule has 0 saturated heterocycles. The molecule has 0 spiro atoms. The second-order valence-corrected chi connectivity index (χ2v) is 6.59. The summed E-state index contributed by atoms with van der Waals surface area (Å²) in [5, 5.41) is 10.8. The number of aliphatic hydroxyl groups is 1. The van der Waals surface area contributed by atoms with E-state index in [2.05, 4.69) is 32.9 Å². The van der Waals surface area contributed by atoms with Gasteiger partial charge in [0.2, 0.25) is 0 Å². The number of ether oxygens (including phenoxy) is 2. The number of aliphatic hydroxyl groups excluding tert-OH is 1. The Morgan fingerprint density at radius 1 is 1.20 bits per heavy atom. The molecule has 114 valence electrons. The lowest BCUT2D eigenvalue weighted by molar-refractivity contribution is -0.121. The van der Waals surface area contributed by atoms with Crippen LogP contribution in [0.15, 0.2) is 23.3 Å². The van der Waals surface area contributed by atoms with Gasteiger partial charge < -0.3 is 14.6 Å². The molecular formula is C17H28O3. The lowest BCUT2D eigenvalue weighted by atomic mass is 9.47. The Hall–Kier alpha value is -0.640. The third-order valence-corrected chi connectivity index (χ3v) is 5.50. The molecular weight excluding hydrogens is 252 g/mol. The van der Waals surface area contributed by atoms with Crippen molar-refractivity contribution in [2.45, 2.75) is 39.7 Å². The Bertz CT molecular complexity index is 426. The highest BCUT2D eigenvalue weighted by atomic mass is 16.5. The van der Waals surface area contributed by atoms with Gasteiger partial charge in [-0.3, -0.25) is 0 Å². The van der Waals surface area contributed by atoms with Gasteiger partial charge in [-0.2, -0.15) is 0 Å².